The average molecular weight is 443 g/mol. The molecule has 2 aromatic heterocycles. The molecule has 1 unspecified atom stereocenters. The van der Waals surface area contributed by atoms with Crippen LogP contribution in [0.15, 0.2) is 89.6 Å². The molecule has 0 spiro atoms. The van der Waals surface area contributed by atoms with Crippen molar-refractivity contribution in [2.75, 3.05) is 0 Å². The smallest absolute Gasteiger partial charge is 0.287 e. The van der Waals surface area contributed by atoms with E-state index in [1.54, 1.807) is 12.1 Å². The molecule has 4 rings (SSSR count). The van der Waals surface area contributed by atoms with Gasteiger partial charge in [-0.3, -0.25) is 4.79 Å². The van der Waals surface area contributed by atoms with Crippen LogP contribution in [0.4, 0.5) is 0 Å². The normalized spacial score (nSPS) is 12.4. The van der Waals surface area contributed by atoms with Crippen LogP contribution in [0.5, 0.6) is 5.75 Å². The lowest BCUT2D eigenvalue weighted by molar-refractivity contribution is 0.0907. The molecular formula is C28H30N2O3. The van der Waals surface area contributed by atoms with Gasteiger partial charge >= 0.3 is 0 Å². The number of amides is 1. The van der Waals surface area contributed by atoms with Gasteiger partial charge in [0.15, 0.2) is 5.76 Å². The van der Waals surface area contributed by atoms with E-state index in [0.717, 1.165) is 17.0 Å². The van der Waals surface area contributed by atoms with Gasteiger partial charge in [0.05, 0.1) is 6.04 Å². The lowest BCUT2D eigenvalue weighted by Crippen LogP contribution is -2.26. The second-order valence-corrected chi connectivity index (χ2v) is 9.21. The van der Waals surface area contributed by atoms with Crippen molar-refractivity contribution in [3.63, 3.8) is 0 Å². The predicted molar refractivity (Wildman–Crippen MR) is 130 cm³/mol. The highest BCUT2D eigenvalue weighted by molar-refractivity contribution is 5.91. The van der Waals surface area contributed by atoms with Crippen molar-refractivity contribution in [2.24, 2.45) is 0 Å². The Morgan fingerprint density at radius 1 is 0.970 bits per heavy atom. The summed E-state index contributed by atoms with van der Waals surface area (Å²) in [6.45, 7) is 8.75. The third-order valence-electron chi connectivity index (χ3n) is 5.63. The monoisotopic (exact) mass is 442 g/mol. The Morgan fingerprint density at radius 3 is 2.27 bits per heavy atom. The molecule has 0 fully saturated rings. The molecule has 4 aromatic rings. The highest BCUT2D eigenvalue weighted by Gasteiger charge is 2.16. The number of furan rings is 1. The highest BCUT2D eigenvalue weighted by Crippen LogP contribution is 2.25. The predicted octanol–water partition coefficient (Wildman–Crippen LogP) is 6.44. The van der Waals surface area contributed by atoms with Crippen molar-refractivity contribution in [3.8, 4) is 11.4 Å². The molecule has 0 bridgehead atoms. The van der Waals surface area contributed by atoms with Gasteiger partial charge in [-0.25, -0.2) is 0 Å². The summed E-state index contributed by atoms with van der Waals surface area (Å²) in [4.78, 5) is 12.7. The van der Waals surface area contributed by atoms with E-state index < -0.39 is 0 Å². The minimum absolute atomic E-state index is 0.101. The van der Waals surface area contributed by atoms with Crippen LogP contribution in [0.25, 0.3) is 5.69 Å². The Bertz CT molecular complexity index is 1180. The zero-order chi connectivity index (χ0) is 23.4. The Hall–Kier alpha value is -3.73. The van der Waals surface area contributed by atoms with Gasteiger partial charge in [0.1, 0.15) is 18.1 Å². The molecule has 0 radical (unpaired) electrons. The van der Waals surface area contributed by atoms with Crippen LogP contribution in [0.1, 0.15) is 61.2 Å². The minimum Gasteiger partial charge on any atom is -0.486 e. The minimum atomic E-state index is -0.252. The van der Waals surface area contributed by atoms with Gasteiger partial charge in [-0.15, -0.1) is 0 Å². The van der Waals surface area contributed by atoms with Crippen molar-refractivity contribution in [2.45, 2.75) is 45.8 Å². The van der Waals surface area contributed by atoms with Gasteiger partial charge < -0.3 is 19.0 Å². The van der Waals surface area contributed by atoms with E-state index in [1.807, 2.05) is 72.4 Å². The van der Waals surface area contributed by atoms with Gasteiger partial charge in [-0.1, -0.05) is 45.0 Å². The van der Waals surface area contributed by atoms with E-state index >= 15 is 0 Å². The van der Waals surface area contributed by atoms with Crippen LogP contribution < -0.4 is 10.1 Å². The second-order valence-electron chi connectivity index (χ2n) is 9.21. The molecule has 0 aliphatic rings. The number of carbonyl (C=O) groups is 1. The number of rotatable bonds is 7. The number of ether oxygens (including phenoxy) is 1. The molecule has 170 valence electrons. The van der Waals surface area contributed by atoms with E-state index in [0.29, 0.717) is 5.76 Å². The molecule has 33 heavy (non-hydrogen) atoms. The van der Waals surface area contributed by atoms with E-state index in [1.165, 1.54) is 5.56 Å². The zero-order valence-corrected chi connectivity index (χ0v) is 19.5. The van der Waals surface area contributed by atoms with Gasteiger partial charge in [0.2, 0.25) is 0 Å². The van der Waals surface area contributed by atoms with Crippen LogP contribution >= 0.6 is 0 Å². The van der Waals surface area contributed by atoms with Crippen molar-refractivity contribution in [1.29, 1.82) is 0 Å². The van der Waals surface area contributed by atoms with Crippen molar-refractivity contribution < 1.29 is 13.9 Å². The maximum Gasteiger partial charge on any atom is 0.287 e. The highest BCUT2D eigenvalue weighted by atomic mass is 16.5. The Labute approximate surface area is 195 Å². The zero-order valence-electron chi connectivity index (χ0n) is 19.5. The fourth-order valence-electron chi connectivity index (χ4n) is 3.58. The lowest BCUT2D eigenvalue weighted by atomic mass is 9.87. The first kappa shape index (κ1) is 22.5. The topological polar surface area (TPSA) is 56.4 Å². The number of hydrogen-bond acceptors (Lipinski definition) is 3. The molecule has 0 aliphatic heterocycles. The molecule has 1 amide bonds. The van der Waals surface area contributed by atoms with Crippen LogP contribution in [-0.4, -0.2) is 10.5 Å². The number of benzene rings is 2. The second kappa shape index (κ2) is 9.41. The van der Waals surface area contributed by atoms with Crippen molar-refractivity contribution >= 4 is 5.91 Å². The first-order valence-corrected chi connectivity index (χ1v) is 11.2. The number of nitrogens with one attached hydrogen (secondary N) is 1. The van der Waals surface area contributed by atoms with E-state index in [-0.39, 0.29) is 29.7 Å². The van der Waals surface area contributed by atoms with E-state index in [9.17, 15) is 4.79 Å². The molecule has 5 nitrogen and oxygen atoms in total. The van der Waals surface area contributed by atoms with E-state index in [2.05, 4.69) is 38.2 Å². The van der Waals surface area contributed by atoms with Crippen molar-refractivity contribution in [1.82, 2.24) is 9.88 Å². The largest absolute Gasteiger partial charge is 0.486 e. The first-order valence-electron chi connectivity index (χ1n) is 11.2. The molecule has 0 saturated heterocycles. The summed E-state index contributed by atoms with van der Waals surface area (Å²) < 4.78 is 13.6. The third kappa shape index (κ3) is 5.55. The van der Waals surface area contributed by atoms with Crippen LogP contribution in [0.2, 0.25) is 0 Å². The molecule has 1 atom stereocenters. The van der Waals surface area contributed by atoms with Gasteiger partial charge in [0, 0.05) is 18.1 Å². The summed E-state index contributed by atoms with van der Waals surface area (Å²) in [5, 5.41) is 2.99. The van der Waals surface area contributed by atoms with Gasteiger partial charge in [-0.05, 0) is 72.0 Å². The first-order chi connectivity index (χ1) is 15.8. The van der Waals surface area contributed by atoms with Gasteiger partial charge in [0.25, 0.3) is 5.91 Å². The number of nitrogens with zero attached hydrogens (tertiary/aromatic N) is 1. The maximum atomic E-state index is 12.7. The standard InChI is InChI=1S/C28H30N2O3/c1-20(21-7-11-23(12-8-21)30-17-5-6-18-30)29-27(31)26-16-15-25(33-26)19-32-24-13-9-22(10-14-24)28(2,3)4/h5-18,20H,19H2,1-4H3,(H,29,31). The summed E-state index contributed by atoms with van der Waals surface area (Å²) in [5.74, 6) is 1.39. The van der Waals surface area contributed by atoms with Crippen LogP contribution in [0, 0.1) is 0 Å². The molecule has 0 saturated carbocycles. The lowest BCUT2D eigenvalue weighted by Gasteiger charge is -2.19. The molecule has 2 aromatic carbocycles. The molecule has 2 heterocycles. The number of aromatic nitrogens is 1. The Balaban J connectivity index is 1.32. The number of hydrogen-bond donors (Lipinski definition) is 1. The maximum absolute atomic E-state index is 12.7. The quantitative estimate of drug-likeness (QED) is 0.358. The average Bonchev–Trinajstić information content (AvgIpc) is 3.50. The fraction of sp³-hybridized carbons (Fsp3) is 0.250. The molecule has 0 aliphatic carbocycles. The summed E-state index contributed by atoms with van der Waals surface area (Å²) >= 11 is 0. The summed E-state index contributed by atoms with van der Waals surface area (Å²) in [6.07, 6.45) is 4.00. The van der Waals surface area contributed by atoms with Crippen LogP contribution in [0.3, 0.4) is 0 Å². The Morgan fingerprint density at radius 2 is 1.64 bits per heavy atom. The summed E-state index contributed by atoms with van der Waals surface area (Å²) in [5.41, 5.74) is 3.45. The van der Waals surface area contributed by atoms with Crippen molar-refractivity contribution in [3.05, 3.63) is 108 Å². The van der Waals surface area contributed by atoms with E-state index in [4.69, 9.17) is 9.15 Å². The number of carbonyl (C=O) groups excluding carboxylic acids is 1. The summed E-state index contributed by atoms with van der Waals surface area (Å²) in [6, 6.07) is 23.5. The third-order valence-corrected chi connectivity index (χ3v) is 5.63. The summed E-state index contributed by atoms with van der Waals surface area (Å²) in [7, 11) is 0. The van der Waals surface area contributed by atoms with Crippen LogP contribution in [-0.2, 0) is 12.0 Å². The molecular weight excluding hydrogens is 412 g/mol. The van der Waals surface area contributed by atoms with Gasteiger partial charge in [-0.2, -0.15) is 0 Å². The SMILES string of the molecule is CC(NC(=O)c1ccc(COc2ccc(C(C)(C)C)cc2)o1)c1ccc(-n2cccc2)cc1. The fourth-order valence-corrected chi connectivity index (χ4v) is 3.58. The molecule has 5 heteroatoms. The molecule has 1 N–H and O–H groups in total. The Kier molecular flexibility index (Phi) is 6.40.